The first-order valence-electron chi connectivity index (χ1n) is 4.55. The van der Waals surface area contributed by atoms with Gasteiger partial charge >= 0.3 is 5.97 Å². The van der Waals surface area contributed by atoms with Gasteiger partial charge in [-0.05, 0) is 32.7 Å². The molecule has 1 heterocycles. The Hall–Kier alpha value is -0.570. The zero-order chi connectivity index (χ0) is 9.14. The molecule has 1 atom stereocenters. The van der Waals surface area contributed by atoms with Gasteiger partial charge in [0, 0.05) is 19.0 Å². The summed E-state index contributed by atoms with van der Waals surface area (Å²) < 4.78 is 0. The number of hydrogen-bond acceptors (Lipinski definition) is 2. The first-order chi connectivity index (χ1) is 5.59. The predicted molar refractivity (Wildman–Crippen MR) is 47.1 cm³/mol. The van der Waals surface area contributed by atoms with Crippen molar-refractivity contribution in [2.75, 3.05) is 13.1 Å². The van der Waals surface area contributed by atoms with Crippen molar-refractivity contribution in [3.8, 4) is 0 Å². The van der Waals surface area contributed by atoms with Gasteiger partial charge in [0.15, 0.2) is 0 Å². The topological polar surface area (TPSA) is 40.5 Å². The first kappa shape index (κ1) is 9.52. The molecule has 0 radical (unpaired) electrons. The third kappa shape index (κ3) is 2.48. The highest BCUT2D eigenvalue weighted by molar-refractivity contribution is 5.67. The van der Waals surface area contributed by atoms with E-state index in [0.29, 0.717) is 18.4 Å². The molecule has 1 saturated heterocycles. The molecule has 0 aromatic heterocycles. The minimum absolute atomic E-state index is 0.337. The minimum atomic E-state index is -0.661. The maximum absolute atomic E-state index is 10.4. The van der Waals surface area contributed by atoms with Gasteiger partial charge in [-0.3, -0.25) is 4.79 Å². The highest BCUT2D eigenvalue weighted by atomic mass is 16.4. The van der Waals surface area contributed by atoms with Crippen molar-refractivity contribution >= 4 is 5.97 Å². The summed E-state index contributed by atoms with van der Waals surface area (Å²) in [7, 11) is 0. The lowest BCUT2D eigenvalue weighted by atomic mass is 10.1. The van der Waals surface area contributed by atoms with E-state index in [1.165, 1.54) is 0 Å². The standard InChI is InChI=1S/C9H17NO2/c1-7(2)10-4-3-8(6-10)5-9(11)12/h7-8H,3-6H2,1-2H3,(H,11,12)/t8-/m0/s1. The van der Waals surface area contributed by atoms with Crippen LogP contribution in [-0.4, -0.2) is 35.1 Å². The Morgan fingerprint density at radius 2 is 2.33 bits per heavy atom. The second-order valence-electron chi connectivity index (χ2n) is 3.84. The number of carboxylic acids is 1. The van der Waals surface area contributed by atoms with Gasteiger partial charge in [-0.25, -0.2) is 0 Å². The van der Waals surface area contributed by atoms with Gasteiger partial charge < -0.3 is 10.0 Å². The normalized spacial score (nSPS) is 25.1. The van der Waals surface area contributed by atoms with Crippen LogP contribution in [0.4, 0.5) is 0 Å². The first-order valence-corrected chi connectivity index (χ1v) is 4.55. The van der Waals surface area contributed by atoms with Gasteiger partial charge in [0.05, 0.1) is 0 Å². The fourth-order valence-corrected chi connectivity index (χ4v) is 1.75. The molecule has 1 rings (SSSR count). The van der Waals surface area contributed by atoms with E-state index in [0.717, 1.165) is 19.5 Å². The molecular formula is C9H17NO2. The number of carboxylic acid groups (broad SMARTS) is 1. The lowest BCUT2D eigenvalue weighted by molar-refractivity contribution is -0.138. The molecule has 1 N–H and O–H groups in total. The molecule has 1 aliphatic heterocycles. The molecular weight excluding hydrogens is 154 g/mol. The lowest BCUT2D eigenvalue weighted by Gasteiger charge is -2.19. The number of rotatable bonds is 3. The Balaban J connectivity index is 2.30. The maximum Gasteiger partial charge on any atom is 0.303 e. The predicted octanol–water partition coefficient (Wildman–Crippen LogP) is 1.19. The Bertz CT molecular complexity index is 168. The zero-order valence-corrected chi connectivity index (χ0v) is 7.79. The van der Waals surface area contributed by atoms with Crippen LogP contribution >= 0.6 is 0 Å². The van der Waals surface area contributed by atoms with Crippen LogP contribution in [0.25, 0.3) is 0 Å². The fourth-order valence-electron chi connectivity index (χ4n) is 1.75. The van der Waals surface area contributed by atoms with E-state index in [2.05, 4.69) is 18.7 Å². The van der Waals surface area contributed by atoms with E-state index in [9.17, 15) is 4.79 Å². The Morgan fingerprint density at radius 1 is 1.67 bits per heavy atom. The number of aliphatic carboxylic acids is 1. The average Bonchev–Trinajstić information content (AvgIpc) is 2.34. The Morgan fingerprint density at radius 3 is 2.75 bits per heavy atom. The van der Waals surface area contributed by atoms with Crippen LogP contribution in [0.3, 0.4) is 0 Å². The fraction of sp³-hybridized carbons (Fsp3) is 0.889. The molecule has 0 aromatic rings. The molecule has 3 heteroatoms. The van der Waals surface area contributed by atoms with Crippen LogP contribution in [-0.2, 0) is 4.79 Å². The number of carbonyl (C=O) groups is 1. The van der Waals surface area contributed by atoms with Crippen molar-refractivity contribution in [2.45, 2.75) is 32.7 Å². The van der Waals surface area contributed by atoms with E-state index in [1.54, 1.807) is 0 Å². The molecule has 3 nitrogen and oxygen atoms in total. The second kappa shape index (κ2) is 3.90. The van der Waals surface area contributed by atoms with Crippen molar-refractivity contribution in [1.82, 2.24) is 4.90 Å². The van der Waals surface area contributed by atoms with Gasteiger partial charge in [0.25, 0.3) is 0 Å². The van der Waals surface area contributed by atoms with Gasteiger partial charge in [0.1, 0.15) is 0 Å². The molecule has 0 aromatic carbocycles. The van der Waals surface area contributed by atoms with Crippen molar-refractivity contribution < 1.29 is 9.90 Å². The van der Waals surface area contributed by atoms with Crippen molar-refractivity contribution in [1.29, 1.82) is 0 Å². The van der Waals surface area contributed by atoms with Gasteiger partial charge in [-0.15, -0.1) is 0 Å². The molecule has 12 heavy (non-hydrogen) atoms. The molecule has 0 aliphatic carbocycles. The molecule has 0 unspecified atom stereocenters. The number of likely N-dealkylation sites (tertiary alicyclic amines) is 1. The molecule has 0 amide bonds. The smallest absolute Gasteiger partial charge is 0.303 e. The summed E-state index contributed by atoms with van der Waals surface area (Å²) in [5.74, 6) is -0.282. The summed E-state index contributed by atoms with van der Waals surface area (Å²) in [4.78, 5) is 12.8. The van der Waals surface area contributed by atoms with E-state index >= 15 is 0 Å². The third-order valence-corrected chi connectivity index (χ3v) is 2.51. The largest absolute Gasteiger partial charge is 0.481 e. The zero-order valence-electron chi connectivity index (χ0n) is 7.79. The van der Waals surface area contributed by atoms with Crippen LogP contribution in [0.1, 0.15) is 26.7 Å². The van der Waals surface area contributed by atoms with Crippen LogP contribution < -0.4 is 0 Å². The molecule has 1 aliphatic rings. The summed E-state index contributed by atoms with van der Waals surface area (Å²) >= 11 is 0. The Labute approximate surface area is 73.4 Å². The van der Waals surface area contributed by atoms with E-state index < -0.39 is 5.97 Å². The monoisotopic (exact) mass is 171 g/mol. The highest BCUT2D eigenvalue weighted by Gasteiger charge is 2.25. The van der Waals surface area contributed by atoms with Crippen molar-refractivity contribution in [3.63, 3.8) is 0 Å². The van der Waals surface area contributed by atoms with Crippen molar-refractivity contribution in [3.05, 3.63) is 0 Å². The molecule has 0 spiro atoms. The molecule has 1 fully saturated rings. The molecule has 0 bridgehead atoms. The van der Waals surface area contributed by atoms with Gasteiger partial charge in [-0.2, -0.15) is 0 Å². The van der Waals surface area contributed by atoms with Crippen molar-refractivity contribution in [2.24, 2.45) is 5.92 Å². The summed E-state index contributed by atoms with van der Waals surface area (Å²) in [6, 6.07) is 0.559. The van der Waals surface area contributed by atoms with Crippen LogP contribution in [0, 0.1) is 5.92 Å². The molecule has 70 valence electrons. The third-order valence-electron chi connectivity index (χ3n) is 2.51. The SMILES string of the molecule is CC(C)N1CC[C@@H](CC(=O)O)C1. The average molecular weight is 171 g/mol. The summed E-state index contributed by atoms with van der Waals surface area (Å²) in [5, 5.41) is 8.58. The quantitative estimate of drug-likeness (QED) is 0.693. The summed E-state index contributed by atoms with van der Waals surface area (Å²) in [5.41, 5.74) is 0. The van der Waals surface area contributed by atoms with Crippen LogP contribution in [0.2, 0.25) is 0 Å². The van der Waals surface area contributed by atoms with Crippen LogP contribution in [0.5, 0.6) is 0 Å². The second-order valence-corrected chi connectivity index (χ2v) is 3.84. The summed E-state index contributed by atoms with van der Waals surface area (Å²) in [6.45, 7) is 6.34. The van der Waals surface area contributed by atoms with E-state index in [4.69, 9.17) is 5.11 Å². The number of nitrogens with zero attached hydrogens (tertiary/aromatic N) is 1. The van der Waals surface area contributed by atoms with E-state index in [1.807, 2.05) is 0 Å². The maximum atomic E-state index is 10.4. The lowest BCUT2D eigenvalue weighted by Crippen LogP contribution is -2.28. The minimum Gasteiger partial charge on any atom is -0.481 e. The van der Waals surface area contributed by atoms with Crippen LogP contribution in [0.15, 0.2) is 0 Å². The van der Waals surface area contributed by atoms with E-state index in [-0.39, 0.29) is 0 Å². The molecule has 0 saturated carbocycles. The highest BCUT2D eigenvalue weighted by Crippen LogP contribution is 2.20. The Kier molecular flexibility index (Phi) is 3.09. The summed E-state index contributed by atoms with van der Waals surface area (Å²) in [6.07, 6.45) is 1.38. The van der Waals surface area contributed by atoms with Gasteiger partial charge in [0.2, 0.25) is 0 Å². The number of hydrogen-bond donors (Lipinski definition) is 1. The van der Waals surface area contributed by atoms with Gasteiger partial charge in [-0.1, -0.05) is 0 Å².